The summed E-state index contributed by atoms with van der Waals surface area (Å²) >= 11 is 0. The molecule has 6 atom stereocenters. The molecule has 17 nitrogen and oxygen atoms in total. The van der Waals surface area contributed by atoms with Gasteiger partial charge in [0.25, 0.3) is 0 Å². The Bertz CT molecular complexity index is 1910. The zero-order chi connectivity index (χ0) is 72.8. The van der Waals surface area contributed by atoms with E-state index in [4.69, 9.17) is 37.0 Å². The molecule has 0 saturated carbocycles. The number of esters is 4. The van der Waals surface area contributed by atoms with Gasteiger partial charge in [0.2, 0.25) is 0 Å². The second kappa shape index (κ2) is 71.7. The zero-order valence-corrected chi connectivity index (χ0v) is 66.6. The number of carbonyl (C=O) groups is 4. The van der Waals surface area contributed by atoms with Gasteiger partial charge in [0, 0.05) is 25.7 Å². The van der Waals surface area contributed by atoms with Crippen LogP contribution in [0.1, 0.15) is 420 Å². The average molecular weight is 1450 g/mol. The second-order valence-electron chi connectivity index (χ2n) is 29.5. The molecule has 0 fully saturated rings. The maximum Gasteiger partial charge on any atom is 0.472 e. The fraction of sp³-hybridized carbons (Fsp3) is 0.950. The summed E-state index contributed by atoms with van der Waals surface area (Å²) in [5.74, 6) is -0.616. The maximum atomic E-state index is 13.1. The highest BCUT2D eigenvalue weighted by Gasteiger charge is 2.30. The molecule has 0 aromatic carbocycles. The number of hydrogen-bond donors (Lipinski definition) is 3. The van der Waals surface area contributed by atoms with E-state index in [1.54, 1.807) is 0 Å². The number of aliphatic hydroxyl groups excluding tert-OH is 1. The van der Waals surface area contributed by atoms with Gasteiger partial charge in [-0.2, -0.15) is 0 Å². The highest BCUT2D eigenvalue weighted by atomic mass is 31.2. The summed E-state index contributed by atoms with van der Waals surface area (Å²) in [4.78, 5) is 73.0. The Morgan fingerprint density at radius 3 is 0.768 bits per heavy atom. The lowest BCUT2D eigenvalue weighted by Gasteiger charge is -2.21. The number of ether oxygens (including phenoxy) is 4. The molecule has 19 heteroatoms. The third kappa shape index (κ3) is 72.8. The van der Waals surface area contributed by atoms with E-state index in [9.17, 15) is 43.2 Å². The van der Waals surface area contributed by atoms with Gasteiger partial charge in [-0.15, -0.1) is 0 Å². The van der Waals surface area contributed by atoms with Crippen molar-refractivity contribution in [1.82, 2.24) is 0 Å². The van der Waals surface area contributed by atoms with E-state index >= 15 is 0 Å². The first-order valence-electron chi connectivity index (χ1n) is 41.5. The van der Waals surface area contributed by atoms with Crippen molar-refractivity contribution in [3.05, 3.63) is 0 Å². The quantitative estimate of drug-likeness (QED) is 0.0222. The van der Waals surface area contributed by atoms with Gasteiger partial charge >= 0.3 is 39.5 Å². The van der Waals surface area contributed by atoms with Crippen molar-refractivity contribution in [2.45, 2.75) is 439 Å². The van der Waals surface area contributed by atoms with Crippen molar-refractivity contribution < 1.29 is 80.2 Å². The number of rotatable bonds is 79. The van der Waals surface area contributed by atoms with E-state index in [1.807, 2.05) is 0 Å². The zero-order valence-electron chi connectivity index (χ0n) is 64.8. The summed E-state index contributed by atoms with van der Waals surface area (Å²) in [5.41, 5.74) is 0. The minimum Gasteiger partial charge on any atom is -0.462 e. The molecule has 588 valence electrons. The van der Waals surface area contributed by atoms with Crippen molar-refractivity contribution >= 4 is 39.5 Å². The van der Waals surface area contributed by atoms with Crippen molar-refractivity contribution in [2.75, 3.05) is 39.6 Å². The minimum absolute atomic E-state index is 0.105. The Balaban J connectivity index is 5.24. The summed E-state index contributed by atoms with van der Waals surface area (Å²) in [6.45, 7) is 9.59. The van der Waals surface area contributed by atoms with Crippen LogP contribution < -0.4 is 0 Å². The van der Waals surface area contributed by atoms with Gasteiger partial charge in [0.15, 0.2) is 12.2 Å². The normalized spacial score (nSPS) is 14.2. The number of aliphatic hydroxyl groups is 1. The van der Waals surface area contributed by atoms with Crippen molar-refractivity contribution in [2.24, 2.45) is 11.8 Å². The Kier molecular flexibility index (Phi) is 70.3. The minimum atomic E-state index is -4.96. The molecule has 0 bridgehead atoms. The van der Waals surface area contributed by atoms with E-state index in [0.29, 0.717) is 25.7 Å². The van der Waals surface area contributed by atoms with Crippen molar-refractivity contribution in [1.29, 1.82) is 0 Å². The SMILES string of the molecule is CCCCCCCCCCCCCCCCCCCCC(=O)OC[C@H](COP(=O)(O)OC[C@@H](O)COP(=O)(O)OC[C@@H](COC(=O)CCCCCCCCCCC(C)C)OC(=O)CCCCCCCCCCC(C)CC)OC(=O)CCCCCCCCCCCCCCCCCCCC. The number of phosphoric ester groups is 2. The molecule has 0 aliphatic heterocycles. The predicted octanol–water partition coefficient (Wildman–Crippen LogP) is 23.9. The summed E-state index contributed by atoms with van der Waals surface area (Å²) in [6, 6.07) is 0. The van der Waals surface area contributed by atoms with E-state index in [-0.39, 0.29) is 25.7 Å². The lowest BCUT2D eigenvalue weighted by molar-refractivity contribution is -0.161. The molecule has 3 N–H and O–H groups in total. The van der Waals surface area contributed by atoms with Crippen LogP contribution in [0.4, 0.5) is 0 Å². The monoisotopic (exact) mass is 1450 g/mol. The van der Waals surface area contributed by atoms with E-state index in [2.05, 4.69) is 41.5 Å². The van der Waals surface area contributed by atoms with Crippen molar-refractivity contribution in [3.63, 3.8) is 0 Å². The van der Waals surface area contributed by atoms with Gasteiger partial charge in [-0.3, -0.25) is 37.3 Å². The van der Waals surface area contributed by atoms with Gasteiger partial charge in [-0.25, -0.2) is 9.13 Å². The number of unbranched alkanes of at least 4 members (excludes halogenated alkanes) is 48. The number of carbonyl (C=O) groups excluding carboxylic acids is 4. The van der Waals surface area contributed by atoms with Crippen LogP contribution in [0, 0.1) is 11.8 Å². The van der Waals surface area contributed by atoms with Crippen LogP contribution >= 0.6 is 15.6 Å². The second-order valence-corrected chi connectivity index (χ2v) is 32.4. The maximum absolute atomic E-state index is 13.1. The fourth-order valence-electron chi connectivity index (χ4n) is 12.3. The molecule has 0 aliphatic rings. The first-order chi connectivity index (χ1) is 47.9. The Hall–Kier alpha value is -1.94. The topological polar surface area (TPSA) is 237 Å². The molecule has 99 heavy (non-hydrogen) atoms. The predicted molar refractivity (Wildman–Crippen MR) is 405 cm³/mol. The van der Waals surface area contributed by atoms with Crippen LogP contribution in [0.5, 0.6) is 0 Å². The van der Waals surface area contributed by atoms with Crippen LogP contribution in [0.2, 0.25) is 0 Å². The largest absolute Gasteiger partial charge is 0.472 e. The summed E-state index contributed by atoms with van der Waals surface area (Å²) < 4.78 is 68.7. The molecular formula is C80H156O17P2. The molecule has 0 radical (unpaired) electrons. The molecule has 0 heterocycles. The third-order valence-corrected chi connectivity index (χ3v) is 21.0. The Morgan fingerprint density at radius 1 is 0.293 bits per heavy atom. The van der Waals surface area contributed by atoms with Gasteiger partial charge in [0.05, 0.1) is 26.4 Å². The van der Waals surface area contributed by atoms with Gasteiger partial charge in [0.1, 0.15) is 19.3 Å². The van der Waals surface area contributed by atoms with E-state index in [1.165, 1.54) is 238 Å². The summed E-state index contributed by atoms with van der Waals surface area (Å²) in [7, 11) is -9.92. The van der Waals surface area contributed by atoms with E-state index < -0.39 is 97.5 Å². The molecule has 0 spiro atoms. The Labute approximate surface area is 607 Å². The highest BCUT2D eigenvalue weighted by molar-refractivity contribution is 7.47. The third-order valence-electron chi connectivity index (χ3n) is 19.1. The van der Waals surface area contributed by atoms with Gasteiger partial charge < -0.3 is 33.8 Å². The first kappa shape index (κ1) is 97.1. The molecule has 0 rings (SSSR count). The summed E-state index contributed by atoms with van der Waals surface area (Å²) in [6.07, 6.45) is 61.1. The van der Waals surface area contributed by atoms with Crippen LogP contribution in [-0.4, -0.2) is 96.7 Å². The van der Waals surface area contributed by atoms with Gasteiger partial charge in [-0.05, 0) is 37.5 Å². The number of hydrogen-bond acceptors (Lipinski definition) is 15. The molecule has 0 aromatic heterocycles. The molecule has 0 aromatic rings. The fourth-order valence-corrected chi connectivity index (χ4v) is 13.9. The van der Waals surface area contributed by atoms with Crippen LogP contribution in [0.3, 0.4) is 0 Å². The highest BCUT2D eigenvalue weighted by Crippen LogP contribution is 2.45. The summed E-state index contributed by atoms with van der Waals surface area (Å²) in [5, 5.41) is 10.6. The smallest absolute Gasteiger partial charge is 0.462 e. The van der Waals surface area contributed by atoms with E-state index in [0.717, 1.165) is 102 Å². The molecule has 0 amide bonds. The van der Waals surface area contributed by atoms with Crippen LogP contribution in [0.15, 0.2) is 0 Å². The van der Waals surface area contributed by atoms with Crippen LogP contribution in [0.25, 0.3) is 0 Å². The van der Waals surface area contributed by atoms with Crippen LogP contribution in [-0.2, 0) is 65.4 Å². The van der Waals surface area contributed by atoms with Gasteiger partial charge in [-0.1, -0.05) is 369 Å². The average Bonchev–Trinajstić information content (AvgIpc) is 0.965. The molecular weight excluding hydrogens is 1290 g/mol. The lowest BCUT2D eigenvalue weighted by Crippen LogP contribution is -2.30. The van der Waals surface area contributed by atoms with Crippen molar-refractivity contribution in [3.8, 4) is 0 Å². The molecule has 3 unspecified atom stereocenters. The lowest BCUT2D eigenvalue weighted by atomic mass is 9.99. The molecule has 0 aliphatic carbocycles. The first-order valence-corrected chi connectivity index (χ1v) is 44.5. The standard InChI is InChI=1S/C80H156O17P2/c1-7-10-12-14-16-18-20-22-24-26-28-30-32-34-36-44-50-56-62-77(82)90-68-75(96-79(84)64-58-52-46-37-35-33-31-29-27-25-23-21-19-17-15-13-11-8-2)70-94-98(86,87)92-66-74(81)67-93-99(88,89)95-71-76(69-91-78(83)63-57-51-45-40-38-42-48-54-60-72(4)5)97-80(85)65-59-53-47-41-39-43-49-55-61-73(6)9-3/h72-76,81H,7-71H2,1-6H3,(H,86,87)(H,88,89)/t73?,74-,75-,76-/m1/s1. The molecule has 0 saturated heterocycles. The number of phosphoric acid groups is 2. The Morgan fingerprint density at radius 2 is 0.515 bits per heavy atom.